The highest BCUT2D eigenvalue weighted by atomic mass is 79.9. The molecule has 144 valence electrons. The molecular formula is C20H23BrN2O4. The number of nitro groups is 1. The maximum absolute atomic E-state index is 12.0. The molecule has 0 radical (unpaired) electrons. The van der Waals surface area contributed by atoms with Crippen LogP contribution in [0, 0.1) is 17.0 Å². The van der Waals surface area contributed by atoms with E-state index in [1.165, 1.54) is 11.6 Å². The second kappa shape index (κ2) is 9.50. The van der Waals surface area contributed by atoms with Gasteiger partial charge in [-0.3, -0.25) is 14.9 Å². The third-order valence-corrected chi connectivity index (χ3v) is 4.74. The molecule has 2 aromatic rings. The Kier molecular flexibility index (Phi) is 7.36. The number of carbonyl (C=O) groups excluding carboxylic acids is 1. The highest BCUT2D eigenvalue weighted by molar-refractivity contribution is 9.10. The minimum atomic E-state index is -0.457. The van der Waals surface area contributed by atoms with E-state index in [1.54, 1.807) is 19.1 Å². The van der Waals surface area contributed by atoms with Crippen LogP contribution in [-0.4, -0.2) is 17.4 Å². The molecule has 1 N–H and O–H groups in total. The first-order valence-corrected chi connectivity index (χ1v) is 9.54. The van der Waals surface area contributed by atoms with Crippen molar-refractivity contribution in [3.05, 3.63) is 62.1 Å². The molecule has 0 atom stereocenters. The summed E-state index contributed by atoms with van der Waals surface area (Å²) < 4.78 is 6.62. The molecule has 2 aromatic carbocycles. The van der Waals surface area contributed by atoms with Crippen LogP contribution >= 0.6 is 15.9 Å². The van der Waals surface area contributed by atoms with E-state index in [-0.39, 0.29) is 18.0 Å². The van der Waals surface area contributed by atoms with E-state index < -0.39 is 4.92 Å². The second-order valence-electron chi connectivity index (χ2n) is 6.60. The quantitative estimate of drug-likeness (QED) is 0.333. The summed E-state index contributed by atoms with van der Waals surface area (Å²) in [5, 5.41) is 13.6. The normalized spacial score (nSPS) is 10.7. The van der Waals surface area contributed by atoms with E-state index in [9.17, 15) is 14.9 Å². The predicted molar refractivity (Wildman–Crippen MR) is 109 cm³/mol. The number of hydrogen-bond donors (Lipinski definition) is 1. The molecule has 0 aromatic heterocycles. The number of benzene rings is 2. The van der Waals surface area contributed by atoms with Crippen molar-refractivity contribution in [1.29, 1.82) is 0 Å². The lowest BCUT2D eigenvalue weighted by molar-refractivity contribution is -0.385. The first kappa shape index (κ1) is 20.9. The number of aryl methyl sites for hydroxylation is 1. The van der Waals surface area contributed by atoms with Crippen LogP contribution in [0.4, 0.5) is 11.4 Å². The third kappa shape index (κ3) is 6.06. The maximum atomic E-state index is 12.0. The summed E-state index contributed by atoms with van der Waals surface area (Å²) in [7, 11) is 0. The molecule has 0 saturated heterocycles. The van der Waals surface area contributed by atoms with E-state index in [2.05, 4.69) is 35.1 Å². The number of anilines is 1. The van der Waals surface area contributed by atoms with Crippen LogP contribution in [0.1, 0.15) is 43.7 Å². The van der Waals surface area contributed by atoms with Crippen molar-refractivity contribution < 1.29 is 14.5 Å². The molecule has 1 amide bonds. The largest absolute Gasteiger partial charge is 0.492 e. The Bertz CT molecular complexity index is 837. The van der Waals surface area contributed by atoms with Crippen LogP contribution < -0.4 is 10.1 Å². The van der Waals surface area contributed by atoms with Gasteiger partial charge in [-0.2, -0.15) is 0 Å². The minimum Gasteiger partial charge on any atom is -0.492 e. The van der Waals surface area contributed by atoms with Crippen LogP contribution in [0.3, 0.4) is 0 Å². The van der Waals surface area contributed by atoms with Gasteiger partial charge in [0.1, 0.15) is 5.75 Å². The standard InChI is InChI=1S/C20H23BrN2O4/c1-13(2)15-7-9-19(17(21)11-15)27-10-4-5-20(24)22-16-8-6-14(3)18(12-16)23(25)26/h6-9,11-13H,4-5,10H2,1-3H3,(H,22,24). The van der Waals surface area contributed by atoms with Gasteiger partial charge in [0.2, 0.25) is 5.91 Å². The fourth-order valence-electron chi connectivity index (χ4n) is 2.52. The van der Waals surface area contributed by atoms with Crippen molar-refractivity contribution in [2.24, 2.45) is 0 Å². The molecule has 0 spiro atoms. The fraction of sp³-hybridized carbons (Fsp3) is 0.350. The number of halogens is 1. The Morgan fingerprint density at radius 2 is 2.00 bits per heavy atom. The zero-order valence-corrected chi connectivity index (χ0v) is 17.2. The van der Waals surface area contributed by atoms with Gasteiger partial charge in [0.15, 0.2) is 0 Å². The van der Waals surface area contributed by atoms with Crippen molar-refractivity contribution in [3.63, 3.8) is 0 Å². The molecule has 0 aliphatic rings. The van der Waals surface area contributed by atoms with Gasteiger partial charge >= 0.3 is 0 Å². The van der Waals surface area contributed by atoms with E-state index >= 15 is 0 Å². The number of amides is 1. The van der Waals surface area contributed by atoms with E-state index in [4.69, 9.17) is 4.74 Å². The molecule has 7 heteroatoms. The summed E-state index contributed by atoms with van der Waals surface area (Å²) >= 11 is 3.51. The molecule has 0 bridgehead atoms. The van der Waals surface area contributed by atoms with Crippen molar-refractivity contribution >= 4 is 33.2 Å². The molecule has 0 heterocycles. The molecule has 2 rings (SSSR count). The number of carbonyl (C=O) groups is 1. The van der Waals surface area contributed by atoms with Crippen molar-refractivity contribution in [3.8, 4) is 5.75 Å². The second-order valence-corrected chi connectivity index (χ2v) is 7.46. The highest BCUT2D eigenvalue weighted by Gasteiger charge is 2.12. The van der Waals surface area contributed by atoms with Gasteiger partial charge in [-0.25, -0.2) is 0 Å². The van der Waals surface area contributed by atoms with Crippen molar-refractivity contribution in [1.82, 2.24) is 0 Å². The Balaban J connectivity index is 1.81. The van der Waals surface area contributed by atoms with Gasteiger partial charge in [-0.15, -0.1) is 0 Å². The zero-order chi connectivity index (χ0) is 20.0. The van der Waals surface area contributed by atoms with E-state index in [0.717, 1.165) is 10.2 Å². The SMILES string of the molecule is Cc1ccc(NC(=O)CCCOc2ccc(C(C)C)cc2Br)cc1[N+](=O)[O-]. The molecular weight excluding hydrogens is 412 g/mol. The van der Waals surface area contributed by atoms with Crippen LogP contribution in [0.5, 0.6) is 5.75 Å². The topological polar surface area (TPSA) is 81.5 Å². The molecule has 0 fully saturated rings. The first-order chi connectivity index (χ1) is 12.8. The van der Waals surface area contributed by atoms with Gasteiger partial charge in [-0.1, -0.05) is 26.0 Å². The van der Waals surface area contributed by atoms with Gasteiger partial charge in [0.25, 0.3) is 5.69 Å². The summed E-state index contributed by atoms with van der Waals surface area (Å²) in [5.41, 5.74) is 2.19. The van der Waals surface area contributed by atoms with E-state index in [1.807, 2.05) is 18.2 Å². The van der Waals surface area contributed by atoms with Crippen LogP contribution in [0.15, 0.2) is 40.9 Å². The number of rotatable bonds is 8. The number of hydrogen-bond acceptors (Lipinski definition) is 4. The predicted octanol–water partition coefficient (Wildman–Crippen LogP) is 5.59. The van der Waals surface area contributed by atoms with Crippen LogP contribution in [-0.2, 0) is 4.79 Å². The summed E-state index contributed by atoms with van der Waals surface area (Å²) in [4.78, 5) is 22.5. The number of nitrogens with zero attached hydrogens (tertiary/aromatic N) is 1. The first-order valence-electron chi connectivity index (χ1n) is 8.75. The Morgan fingerprint density at radius 3 is 2.63 bits per heavy atom. The zero-order valence-electron chi connectivity index (χ0n) is 15.6. The number of nitrogens with one attached hydrogen (secondary N) is 1. The fourth-order valence-corrected chi connectivity index (χ4v) is 3.03. The Hall–Kier alpha value is -2.41. The maximum Gasteiger partial charge on any atom is 0.274 e. The Labute approximate surface area is 167 Å². The molecule has 6 nitrogen and oxygen atoms in total. The van der Waals surface area contributed by atoms with Gasteiger partial charge in [-0.05, 0) is 59.0 Å². The van der Waals surface area contributed by atoms with Crippen molar-refractivity contribution in [2.75, 3.05) is 11.9 Å². The van der Waals surface area contributed by atoms with Crippen LogP contribution in [0.25, 0.3) is 0 Å². The third-order valence-electron chi connectivity index (χ3n) is 4.12. The number of ether oxygens (including phenoxy) is 1. The molecule has 27 heavy (non-hydrogen) atoms. The van der Waals surface area contributed by atoms with Crippen LogP contribution in [0.2, 0.25) is 0 Å². The van der Waals surface area contributed by atoms with Crippen molar-refractivity contribution in [2.45, 2.75) is 39.5 Å². The summed E-state index contributed by atoms with van der Waals surface area (Å²) in [6, 6.07) is 10.6. The molecule has 0 aliphatic carbocycles. The average Bonchev–Trinajstić information content (AvgIpc) is 2.61. The van der Waals surface area contributed by atoms with E-state index in [0.29, 0.717) is 30.2 Å². The number of nitro benzene ring substituents is 1. The lowest BCUT2D eigenvalue weighted by Crippen LogP contribution is -2.13. The highest BCUT2D eigenvalue weighted by Crippen LogP contribution is 2.29. The lowest BCUT2D eigenvalue weighted by Gasteiger charge is -2.11. The molecule has 0 saturated carbocycles. The molecule has 0 unspecified atom stereocenters. The van der Waals surface area contributed by atoms with Gasteiger partial charge < -0.3 is 10.1 Å². The summed E-state index contributed by atoms with van der Waals surface area (Å²) in [6.45, 7) is 6.32. The van der Waals surface area contributed by atoms with Gasteiger partial charge in [0, 0.05) is 23.7 Å². The smallest absolute Gasteiger partial charge is 0.274 e. The summed E-state index contributed by atoms with van der Waals surface area (Å²) in [6.07, 6.45) is 0.807. The average molecular weight is 435 g/mol. The lowest BCUT2D eigenvalue weighted by atomic mass is 10.0. The molecule has 0 aliphatic heterocycles. The van der Waals surface area contributed by atoms with Gasteiger partial charge in [0.05, 0.1) is 16.0 Å². The monoisotopic (exact) mass is 434 g/mol. The summed E-state index contributed by atoms with van der Waals surface area (Å²) in [5.74, 6) is 0.983. The minimum absolute atomic E-state index is 0.00849. The Morgan fingerprint density at radius 1 is 1.26 bits per heavy atom.